The van der Waals surface area contributed by atoms with E-state index in [0.717, 1.165) is 4.90 Å². The zero-order valence-electron chi connectivity index (χ0n) is 11.5. The van der Waals surface area contributed by atoms with Gasteiger partial charge < -0.3 is 5.11 Å². The normalized spacial score (nSPS) is 19.8. The summed E-state index contributed by atoms with van der Waals surface area (Å²) in [5.74, 6) is -2.11. The lowest BCUT2D eigenvalue weighted by Gasteiger charge is -2.40. The van der Waals surface area contributed by atoms with Gasteiger partial charge in [0.15, 0.2) is 5.54 Å². The number of carboxylic acids is 1. The second-order valence-electron chi connectivity index (χ2n) is 5.38. The van der Waals surface area contributed by atoms with Gasteiger partial charge in [0.25, 0.3) is 0 Å². The van der Waals surface area contributed by atoms with Crippen LogP contribution in [0.1, 0.15) is 32.3 Å². The van der Waals surface area contributed by atoms with Crippen LogP contribution < -0.4 is 0 Å². The fourth-order valence-electron chi connectivity index (χ4n) is 2.60. The summed E-state index contributed by atoms with van der Waals surface area (Å²) in [6.07, 6.45) is 0.392. The predicted octanol–water partition coefficient (Wildman–Crippen LogP) is 1.77. The number of likely N-dealkylation sites (tertiary alicyclic amines) is 1. The first-order chi connectivity index (χ1) is 9.37. The number of aliphatic carboxylic acids is 1. The van der Waals surface area contributed by atoms with Crippen LogP contribution in [-0.2, 0) is 19.9 Å². The molecule has 1 aliphatic rings. The van der Waals surface area contributed by atoms with Crippen molar-refractivity contribution in [3.05, 3.63) is 35.9 Å². The van der Waals surface area contributed by atoms with Gasteiger partial charge in [-0.25, -0.2) is 4.79 Å². The van der Waals surface area contributed by atoms with E-state index in [2.05, 4.69) is 0 Å². The van der Waals surface area contributed by atoms with Crippen molar-refractivity contribution in [2.24, 2.45) is 5.92 Å². The van der Waals surface area contributed by atoms with Crippen molar-refractivity contribution >= 4 is 17.8 Å². The Morgan fingerprint density at radius 1 is 1.20 bits per heavy atom. The molecule has 1 N–H and O–H groups in total. The highest BCUT2D eigenvalue weighted by Gasteiger charge is 2.49. The van der Waals surface area contributed by atoms with Gasteiger partial charge in [-0.15, -0.1) is 0 Å². The van der Waals surface area contributed by atoms with Crippen molar-refractivity contribution < 1.29 is 19.5 Å². The average Bonchev–Trinajstić information content (AvgIpc) is 2.38. The molecule has 1 aromatic carbocycles. The molecule has 1 fully saturated rings. The van der Waals surface area contributed by atoms with Crippen molar-refractivity contribution in [3.8, 4) is 0 Å². The standard InChI is InChI=1S/C15H17NO4/c1-10-8-12(17)16(13(18)9-10)15(2,14(19)20)11-6-4-3-5-7-11/h3-7,10H,8-9H2,1-2H3,(H,19,20). The van der Waals surface area contributed by atoms with E-state index in [1.54, 1.807) is 30.3 Å². The molecule has 0 saturated carbocycles. The summed E-state index contributed by atoms with van der Waals surface area (Å²) in [6.45, 7) is 3.21. The predicted molar refractivity (Wildman–Crippen MR) is 71.7 cm³/mol. The van der Waals surface area contributed by atoms with Crippen molar-refractivity contribution in [1.82, 2.24) is 4.90 Å². The molecule has 1 heterocycles. The second kappa shape index (κ2) is 5.07. The van der Waals surface area contributed by atoms with Gasteiger partial charge in [-0.3, -0.25) is 14.5 Å². The quantitative estimate of drug-likeness (QED) is 0.853. The molecule has 0 radical (unpaired) electrons. The monoisotopic (exact) mass is 275 g/mol. The van der Waals surface area contributed by atoms with E-state index < -0.39 is 23.3 Å². The third-order valence-electron chi connectivity index (χ3n) is 3.74. The van der Waals surface area contributed by atoms with Crippen molar-refractivity contribution in [2.75, 3.05) is 0 Å². The van der Waals surface area contributed by atoms with E-state index >= 15 is 0 Å². The summed E-state index contributed by atoms with van der Waals surface area (Å²) in [5, 5.41) is 9.59. The van der Waals surface area contributed by atoms with Crippen molar-refractivity contribution in [2.45, 2.75) is 32.2 Å². The van der Waals surface area contributed by atoms with E-state index in [-0.39, 0.29) is 18.8 Å². The Labute approximate surface area is 117 Å². The highest BCUT2D eigenvalue weighted by molar-refractivity contribution is 6.03. The lowest BCUT2D eigenvalue weighted by Crippen LogP contribution is -2.57. The molecule has 1 aromatic rings. The van der Waals surface area contributed by atoms with Crippen LogP contribution in [0.15, 0.2) is 30.3 Å². The summed E-state index contributed by atoms with van der Waals surface area (Å²) >= 11 is 0. The smallest absolute Gasteiger partial charge is 0.334 e. The molecule has 0 bridgehead atoms. The Hall–Kier alpha value is -2.17. The Morgan fingerprint density at radius 3 is 2.15 bits per heavy atom. The molecular formula is C15H17NO4. The maximum atomic E-state index is 12.2. The first kappa shape index (κ1) is 14.2. The Morgan fingerprint density at radius 2 is 1.70 bits per heavy atom. The first-order valence-electron chi connectivity index (χ1n) is 6.52. The van der Waals surface area contributed by atoms with E-state index in [9.17, 15) is 19.5 Å². The van der Waals surface area contributed by atoms with Gasteiger partial charge >= 0.3 is 5.97 Å². The number of hydrogen-bond donors (Lipinski definition) is 1. The second-order valence-corrected chi connectivity index (χ2v) is 5.38. The molecule has 2 amide bonds. The maximum absolute atomic E-state index is 12.2. The van der Waals surface area contributed by atoms with Crippen LogP contribution in [0.2, 0.25) is 0 Å². The molecule has 20 heavy (non-hydrogen) atoms. The molecule has 5 heteroatoms. The molecule has 1 atom stereocenters. The van der Waals surface area contributed by atoms with E-state index in [0.29, 0.717) is 5.56 Å². The van der Waals surface area contributed by atoms with Crippen LogP contribution in [0.5, 0.6) is 0 Å². The van der Waals surface area contributed by atoms with Gasteiger partial charge in [-0.1, -0.05) is 37.3 Å². The van der Waals surface area contributed by atoms with Crippen LogP contribution in [-0.4, -0.2) is 27.8 Å². The minimum atomic E-state index is -1.66. The average molecular weight is 275 g/mol. The van der Waals surface area contributed by atoms with E-state index in [4.69, 9.17) is 0 Å². The molecule has 0 spiro atoms. The summed E-state index contributed by atoms with van der Waals surface area (Å²) < 4.78 is 0. The molecule has 0 aromatic heterocycles. The molecule has 1 saturated heterocycles. The van der Waals surface area contributed by atoms with Gasteiger partial charge in [0.1, 0.15) is 0 Å². The number of benzene rings is 1. The van der Waals surface area contributed by atoms with E-state index in [1.165, 1.54) is 6.92 Å². The number of carbonyl (C=O) groups excluding carboxylic acids is 2. The number of imide groups is 1. The van der Waals surface area contributed by atoms with Crippen LogP contribution in [0.4, 0.5) is 0 Å². The van der Waals surface area contributed by atoms with Gasteiger partial charge in [0, 0.05) is 12.8 Å². The zero-order valence-corrected chi connectivity index (χ0v) is 11.5. The van der Waals surface area contributed by atoms with Crippen LogP contribution in [0.3, 0.4) is 0 Å². The molecule has 2 rings (SSSR count). The lowest BCUT2D eigenvalue weighted by molar-refractivity contribution is -0.169. The van der Waals surface area contributed by atoms with Crippen LogP contribution in [0, 0.1) is 5.92 Å². The minimum Gasteiger partial charge on any atom is -0.479 e. The summed E-state index contributed by atoms with van der Waals surface area (Å²) in [5.41, 5.74) is -1.24. The fraction of sp³-hybridized carbons (Fsp3) is 0.400. The Balaban J connectivity index is 2.51. The largest absolute Gasteiger partial charge is 0.479 e. The van der Waals surface area contributed by atoms with Crippen molar-refractivity contribution in [3.63, 3.8) is 0 Å². The third kappa shape index (κ3) is 2.19. The van der Waals surface area contributed by atoms with Gasteiger partial charge in [-0.2, -0.15) is 0 Å². The molecule has 1 aliphatic heterocycles. The topological polar surface area (TPSA) is 74.7 Å². The third-order valence-corrected chi connectivity index (χ3v) is 3.74. The van der Waals surface area contributed by atoms with Crippen LogP contribution >= 0.6 is 0 Å². The minimum absolute atomic E-state index is 0.0416. The lowest BCUT2D eigenvalue weighted by atomic mass is 9.86. The molecule has 0 aliphatic carbocycles. The Bertz CT molecular complexity index is 536. The molecule has 1 unspecified atom stereocenters. The van der Waals surface area contributed by atoms with Crippen LogP contribution in [0.25, 0.3) is 0 Å². The number of amides is 2. The zero-order chi connectivity index (χ0) is 14.9. The highest BCUT2D eigenvalue weighted by Crippen LogP contribution is 2.34. The Kier molecular flexibility index (Phi) is 3.61. The SMILES string of the molecule is CC1CC(=O)N(C(C)(C(=O)O)c2ccccc2)C(=O)C1. The van der Waals surface area contributed by atoms with Gasteiger partial charge in [-0.05, 0) is 18.4 Å². The number of rotatable bonds is 3. The fourth-order valence-corrected chi connectivity index (χ4v) is 2.60. The highest BCUT2D eigenvalue weighted by atomic mass is 16.4. The number of piperidine rings is 1. The maximum Gasteiger partial charge on any atom is 0.334 e. The first-order valence-corrected chi connectivity index (χ1v) is 6.52. The number of nitrogens with zero attached hydrogens (tertiary/aromatic N) is 1. The summed E-state index contributed by atoms with van der Waals surface area (Å²) in [7, 11) is 0. The van der Waals surface area contributed by atoms with E-state index in [1.807, 2.05) is 6.92 Å². The summed E-state index contributed by atoms with van der Waals surface area (Å²) in [4.78, 5) is 37.0. The van der Waals surface area contributed by atoms with Gasteiger partial charge in [0.2, 0.25) is 11.8 Å². The number of hydrogen-bond acceptors (Lipinski definition) is 3. The van der Waals surface area contributed by atoms with Crippen molar-refractivity contribution in [1.29, 1.82) is 0 Å². The molecule has 5 nitrogen and oxygen atoms in total. The number of carboxylic acid groups (broad SMARTS) is 1. The van der Waals surface area contributed by atoms with Gasteiger partial charge in [0.05, 0.1) is 0 Å². The molecule has 106 valence electrons. The number of carbonyl (C=O) groups is 3. The molecular weight excluding hydrogens is 258 g/mol. The summed E-state index contributed by atoms with van der Waals surface area (Å²) in [6, 6.07) is 8.38.